The molecule has 1 fully saturated rings. The summed E-state index contributed by atoms with van der Waals surface area (Å²) in [7, 11) is 0. The number of hydrogen-bond donors (Lipinski definition) is 0. The van der Waals surface area contributed by atoms with Crippen LogP contribution in [-0.2, 0) is 6.42 Å². The molecule has 3 rings (SSSR count). The van der Waals surface area contributed by atoms with Crippen molar-refractivity contribution in [2.75, 3.05) is 6.61 Å². The fraction of sp³-hybridized carbons (Fsp3) is 0.448. The molecule has 1 saturated carbocycles. The van der Waals surface area contributed by atoms with Gasteiger partial charge in [-0.3, -0.25) is 0 Å². The Morgan fingerprint density at radius 1 is 0.900 bits per heavy atom. The van der Waals surface area contributed by atoms with E-state index in [0.717, 1.165) is 36.7 Å². The van der Waals surface area contributed by atoms with Crippen molar-refractivity contribution in [3.8, 4) is 17.6 Å². The van der Waals surface area contributed by atoms with E-state index in [1.54, 1.807) is 0 Å². The molecule has 1 nitrogen and oxygen atoms in total. The molecule has 1 aliphatic carbocycles. The quantitative estimate of drug-likeness (QED) is 0.326. The Morgan fingerprint density at radius 3 is 2.30 bits per heavy atom. The molecule has 2 aromatic rings. The zero-order valence-electron chi connectivity index (χ0n) is 18.7. The number of unbranched alkanes of at least 4 members (excludes halogenated alkanes) is 1. The van der Waals surface area contributed by atoms with Crippen LogP contribution in [0.25, 0.3) is 0 Å². The summed E-state index contributed by atoms with van der Waals surface area (Å²) >= 11 is 0. The first-order chi connectivity index (χ1) is 14.8. The fourth-order valence-electron chi connectivity index (χ4n) is 4.17. The highest BCUT2D eigenvalue weighted by atomic mass is 16.5. The van der Waals surface area contributed by atoms with Gasteiger partial charge in [0.2, 0.25) is 0 Å². The summed E-state index contributed by atoms with van der Waals surface area (Å²) in [6.45, 7) is 5.21. The van der Waals surface area contributed by atoms with Crippen molar-refractivity contribution >= 4 is 0 Å². The number of allylic oxidation sites excluding steroid dienone is 2. The lowest BCUT2D eigenvalue weighted by molar-refractivity contribution is 0.309. The second kappa shape index (κ2) is 12.3. The number of ether oxygens (including phenoxy) is 1. The SMILES string of the molecule is CCCCOc1ccc(C#CC=CC2CCC(c3ccc(CCC)cc3)CC2)cc1. The van der Waals surface area contributed by atoms with Crippen molar-refractivity contribution in [2.24, 2.45) is 5.92 Å². The van der Waals surface area contributed by atoms with Crippen LogP contribution >= 0.6 is 0 Å². The molecule has 0 amide bonds. The Kier molecular flexibility index (Phi) is 9.10. The third-order valence-corrected chi connectivity index (χ3v) is 6.05. The molecule has 0 aromatic heterocycles. The highest BCUT2D eigenvalue weighted by molar-refractivity contribution is 5.40. The van der Waals surface area contributed by atoms with Crippen LogP contribution in [0.1, 0.15) is 81.4 Å². The predicted octanol–water partition coefficient (Wildman–Crippen LogP) is 7.70. The Balaban J connectivity index is 1.43. The van der Waals surface area contributed by atoms with Crippen LogP contribution in [0.4, 0.5) is 0 Å². The third kappa shape index (κ3) is 7.10. The van der Waals surface area contributed by atoms with E-state index in [0.29, 0.717) is 5.92 Å². The second-order valence-corrected chi connectivity index (χ2v) is 8.46. The first-order valence-electron chi connectivity index (χ1n) is 11.8. The van der Waals surface area contributed by atoms with E-state index in [2.05, 4.69) is 62.1 Å². The van der Waals surface area contributed by atoms with Gasteiger partial charge in [0, 0.05) is 5.56 Å². The van der Waals surface area contributed by atoms with Crippen molar-refractivity contribution < 1.29 is 4.74 Å². The molecule has 1 heteroatoms. The van der Waals surface area contributed by atoms with Gasteiger partial charge in [-0.2, -0.15) is 0 Å². The van der Waals surface area contributed by atoms with E-state index >= 15 is 0 Å². The van der Waals surface area contributed by atoms with Crippen molar-refractivity contribution in [1.29, 1.82) is 0 Å². The Morgan fingerprint density at radius 2 is 1.63 bits per heavy atom. The van der Waals surface area contributed by atoms with Crippen LogP contribution in [-0.4, -0.2) is 6.61 Å². The minimum Gasteiger partial charge on any atom is -0.494 e. The first-order valence-corrected chi connectivity index (χ1v) is 11.8. The molecule has 0 heterocycles. The van der Waals surface area contributed by atoms with Crippen molar-refractivity contribution in [3.05, 3.63) is 77.4 Å². The maximum Gasteiger partial charge on any atom is 0.119 e. The van der Waals surface area contributed by atoms with Gasteiger partial charge in [-0.15, -0.1) is 0 Å². The van der Waals surface area contributed by atoms with Gasteiger partial charge in [0.25, 0.3) is 0 Å². The molecule has 0 aliphatic heterocycles. The summed E-state index contributed by atoms with van der Waals surface area (Å²) < 4.78 is 5.70. The molecule has 0 unspecified atom stereocenters. The zero-order valence-corrected chi connectivity index (χ0v) is 18.7. The molecule has 0 bridgehead atoms. The molecule has 0 spiro atoms. The Bertz CT molecular complexity index is 825. The largest absolute Gasteiger partial charge is 0.494 e. The summed E-state index contributed by atoms with van der Waals surface area (Å²) in [5.41, 5.74) is 4.03. The van der Waals surface area contributed by atoms with Crippen LogP contribution in [0.15, 0.2) is 60.7 Å². The van der Waals surface area contributed by atoms with Crippen LogP contribution in [0.5, 0.6) is 5.75 Å². The van der Waals surface area contributed by atoms with Crippen molar-refractivity contribution in [2.45, 2.75) is 71.1 Å². The van der Waals surface area contributed by atoms with Gasteiger partial charge < -0.3 is 4.74 Å². The molecule has 2 aromatic carbocycles. The average Bonchev–Trinajstić information content (AvgIpc) is 2.79. The average molecular weight is 401 g/mol. The molecular weight excluding hydrogens is 364 g/mol. The van der Waals surface area contributed by atoms with Gasteiger partial charge in [0.05, 0.1) is 6.61 Å². The molecule has 1 aliphatic rings. The minimum atomic E-state index is 0.671. The molecule has 0 radical (unpaired) electrons. The van der Waals surface area contributed by atoms with E-state index in [1.807, 2.05) is 24.3 Å². The highest BCUT2D eigenvalue weighted by Crippen LogP contribution is 2.36. The van der Waals surface area contributed by atoms with Crippen LogP contribution in [0.2, 0.25) is 0 Å². The standard InChI is InChI=1S/C29H36O/c1-3-5-23-30-29-21-15-26(16-22-29)10-7-6-9-25-13-19-28(20-14-25)27-17-11-24(8-4-2)12-18-27/h6,9,11-12,15-18,21-22,25,28H,3-5,8,13-14,19-20,23H2,1-2H3. The third-order valence-electron chi connectivity index (χ3n) is 6.05. The van der Waals surface area contributed by atoms with E-state index in [9.17, 15) is 0 Å². The lowest BCUT2D eigenvalue weighted by atomic mass is 9.78. The highest BCUT2D eigenvalue weighted by Gasteiger charge is 2.20. The van der Waals surface area contributed by atoms with E-state index in [4.69, 9.17) is 4.74 Å². The summed E-state index contributed by atoms with van der Waals surface area (Å²) in [5, 5.41) is 0. The summed E-state index contributed by atoms with van der Waals surface area (Å²) in [5.74, 6) is 8.78. The number of aryl methyl sites for hydroxylation is 1. The van der Waals surface area contributed by atoms with E-state index in [-0.39, 0.29) is 0 Å². The molecule has 0 saturated heterocycles. The first kappa shape index (κ1) is 22.2. The van der Waals surface area contributed by atoms with Gasteiger partial charge in [-0.1, -0.05) is 68.9 Å². The van der Waals surface area contributed by atoms with Gasteiger partial charge in [-0.05, 0) is 91.8 Å². The van der Waals surface area contributed by atoms with Gasteiger partial charge in [0.1, 0.15) is 5.75 Å². The van der Waals surface area contributed by atoms with Crippen LogP contribution in [0.3, 0.4) is 0 Å². The van der Waals surface area contributed by atoms with E-state index < -0.39 is 0 Å². The Hall–Kier alpha value is -2.46. The monoisotopic (exact) mass is 400 g/mol. The molecule has 0 atom stereocenters. The number of hydrogen-bond acceptors (Lipinski definition) is 1. The Labute approximate surface area is 183 Å². The van der Waals surface area contributed by atoms with Crippen molar-refractivity contribution in [1.82, 2.24) is 0 Å². The molecule has 30 heavy (non-hydrogen) atoms. The number of rotatable bonds is 8. The van der Waals surface area contributed by atoms with Crippen molar-refractivity contribution in [3.63, 3.8) is 0 Å². The molecular formula is C29H36O. The number of benzene rings is 2. The minimum absolute atomic E-state index is 0.671. The molecule has 158 valence electrons. The maximum atomic E-state index is 5.70. The lowest BCUT2D eigenvalue weighted by Gasteiger charge is -2.27. The summed E-state index contributed by atoms with van der Waals surface area (Å²) in [4.78, 5) is 0. The summed E-state index contributed by atoms with van der Waals surface area (Å²) in [6.07, 6.45) is 14.1. The van der Waals surface area contributed by atoms with Gasteiger partial charge in [0.15, 0.2) is 0 Å². The van der Waals surface area contributed by atoms with Gasteiger partial charge >= 0.3 is 0 Å². The fourth-order valence-corrected chi connectivity index (χ4v) is 4.17. The van der Waals surface area contributed by atoms with E-state index in [1.165, 1.54) is 49.7 Å². The van der Waals surface area contributed by atoms with Gasteiger partial charge in [-0.25, -0.2) is 0 Å². The van der Waals surface area contributed by atoms with Crippen LogP contribution in [0, 0.1) is 17.8 Å². The zero-order chi connectivity index (χ0) is 21.0. The smallest absolute Gasteiger partial charge is 0.119 e. The predicted molar refractivity (Wildman–Crippen MR) is 128 cm³/mol. The normalized spacial score (nSPS) is 18.7. The summed E-state index contributed by atoms with van der Waals surface area (Å²) in [6, 6.07) is 17.5. The van der Waals surface area contributed by atoms with Crippen LogP contribution < -0.4 is 4.74 Å². The maximum absolute atomic E-state index is 5.70. The topological polar surface area (TPSA) is 9.23 Å². The molecule has 0 N–H and O–H groups in total. The second-order valence-electron chi connectivity index (χ2n) is 8.46. The lowest BCUT2D eigenvalue weighted by Crippen LogP contribution is -2.11.